The van der Waals surface area contributed by atoms with E-state index in [1.807, 2.05) is 0 Å². The Morgan fingerprint density at radius 2 is 1.43 bits per heavy atom. The molecule has 0 radical (unpaired) electrons. The second-order valence-corrected chi connectivity index (χ2v) is 11.6. The van der Waals surface area contributed by atoms with Crippen molar-refractivity contribution < 1.29 is 9.84 Å². The summed E-state index contributed by atoms with van der Waals surface area (Å²) in [5, 5.41) is 10.5. The van der Waals surface area contributed by atoms with Gasteiger partial charge in [-0.05, 0) is 80.4 Å². The zero-order chi connectivity index (χ0) is 24.7. The number of ether oxygens (including phenoxy) is 1. The van der Waals surface area contributed by atoms with E-state index in [0.29, 0.717) is 17.8 Å². The van der Waals surface area contributed by atoms with Gasteiger partial charge in [-0.3, -0.25) is 0 Å². The van der Waals surface area contributed by atoms with Crippen LogP contribution in [0.3, 0.4) is 0 Å². The molecular weight excluding hydrogens is 428 g/mol. The highest BCUT2D eigenvalue weighted by atomic mass is 16.5. The van der Waals surface area contributed by atoms with Crippen LogP contribution in [-0.4, -0.2) is 17.8 Å². The van der Waals surface area contributed by atoms with Gasteiger partial charge in [-0.25, -0.2) is 0 Å². The summed E-state index contributed by atoms with van der Waals surface area (Å²) < 4.78 is 6.10. The van der Waals surface area contributed by atoms with Gasteiger partial charge < -0.3 is 9.84 Å². The van der Waals surface area contributed by atoms with Crippen LogP contribution in [0.15, 0.2) is 24.3 Å². The molecule has 0 saturated heterocycles. The normalized spacial score (nSPS) is 25.5. The smallest absolute Gasteiger partial charge is 0.119 e. The lowest BCUT2D eigenvalue weighted by atomic mass is 9.77. The van der Waals surface area contributed by atoms with Crippen LogP contribution < -0.4 is 4.74 Å². The van der Waals surface area contributed by atoms with Crippen LogP contribution in [-0.2, 0) is 6.42 Å². The molecule has 35 heavy (non-hydrogen) atoms. The predicted octanol–water partition coefficient (Wildman–Crippen LogP) is 8.75. The number of unbranched alkanes of at least 4 members (excludes halogenated alkanes) is 4. The Balaban J connectivity index is 1.28. The van der Waals surface area contributed by atoms with Crippen molar-refractivity contribution in [3.05, 3.63) is 29.8 Å². The molecule has 1 aromatic rings. The second kappa shape index (κ2) is 16.3. The van der Waals surface area contributed by atoms with Gasteiger partial charge in [0.05, 0.1) is 6.61 Å². The van der Waals surface area contributed by atoms with Crippen molar-refractivity contribution in [2.75, 3.05) is 6.61 Å². The summed E-state index contributed by atoms with van der Waals surface area (Å²) in [6.45, 7) is 5.36. The molecule has 2 fully saturated rings. The molecule has 1 N–H and O–H groups in total. The lowest BCUT2D eigenvalue weighted by Crippen LogP contribution is -2.20. The highest BCUT2D eigenvalue weighted by Gasteiger charge is 2.23. The molecule has 196 valence electrons. The van der Waals surface area contributed by atoms with Crippen molar-refractivity contribution in [2.45, 2.75) is 129 Å². The lowest BCUT2D eigenvalue weighted by Gasteiger charge is -2.29. The van der Waals surface area contributed by atoms with E-state index in [1.54, 1.807) is 0 Å². The van der Waals surface area contributed by atoms with E-state index < -0.39 is 6.10 Å². The first kappa shape index (κ1) is 28.1. The highest BCUT2D eigenvalue weighted by Crippen LogP contribution is 2.34. The summed E-state index contributed by atoms with van der Waals surface area (Å²) in [5.74, 6) is 10.4. The van der Waals surface area contributed by atoms with Gasteiger partial charge >= 0.3 is 0 Å². The van der Waals surface area contributed by atoms with Gasteiger partial charge in [-0.15, -0.1) is 0 Å². The molecule has 2 saturated carbocycles. The van der Waals surface area contributed by atoms with Crippen molar-refractivity contribution in [3.8, 4) is 17.6 Å². The van der Waals surface area contributed by atoms with E-state index in [0.717, 1.165) is 37.5 Å². The molecule has 0 aromatic heterocycles. The predicted molar refractivity (Wildman–Crippen MR) is 149 cm³/mol. The number of rotatable bonds is 13. The summed E-state index contributed by atoms with van der Waals surface area (Å²) in [5.41, 5.74) is 1.42. The van der Waals surface area contributed by atoms with E-state index in [9.17, 15) is 5.11 Å². The molecule has 1 atom stereocenters. The maximum atomic E-state index is 10.5. The molecule has 0 heterocycles. The lowest BCUT2D eigenvalue weighted by molar-refractivity contribution is 0.161. The summed E-state index contributed by atoms with van der Waals surface area (Å²) in [4.78, 5) is 0. The molecule has 0 bridgehead atoms. The Kier molecular flexibility index (Phi) is 13.1. The largest absolute Gasteiger partial charge is 0.493 e. The first-order valence-corrected chi connectivity index (χ1v) is 15.1. The third-order valence-corrected chi connectivity index (χ3v) is 8.52. The van der Waals surface area contributed by atoms with E-state index in [4.69, 9.17) is 4.74 Å². The minimum atomic E-state index is -0.428. The van der Waals surface area contributed by atoms with E-state index >= 15 is 0 Å². The van der Waals surface area contributed by atoms with Gasteiger partial charge in [0.2, 0.25) is 0 Å². The van der Waals surface area contributed by atoms with Crippen molar-refractivity contribution in [1.29, 1.82) is 0 Å². The third-order valence-electron chi connectivity index (χ3n) is 8.52. The number of aliphatic hydroxyl groups excluding tert-OH is 1. The average Bonchev–Trinajstić information content (AvgIpc) is 2.89. The molecule has 2 aliphatic carbocycles. The van der Waals surface area contributed by atoms with Crippen LogP contribution in [0.4, 0.5) is 0 Å². The fraction of sp³-hybridized carbons (Fsp3) is 0.758. The Hall–Kier alpha value is -1.46. The first-order valence-electron chi connectivity index (χ1n) is 15.1. The zero-order valence-electron chi connectivity index (χ0n) is 22.8. The molecule has 1 aromatic carbocycles. The van der Waals surface area contributed by atoms with Crippen LogP contribution in [0.1, 0.15) is 122 Å². The standard InChI is InChI=1S/C33H52O2/c1-3-5-7-9-27-11-15-30(16-12-27)25-32(34)22-19-29-13-17-31(18-14-29)26-35-33-23-20-28(21-24-33)10-8-6-4-2/h20-21,23-24,27,29-32,34H,3-18,25-26H2,1-2H3/t27-,29-,30-,31-,32?. The van der Waals surface area contributed by atoms with Crippen LogP contribution >= 0.6 is 0 Å². The number of aryl methyl sites for hydroxylation is 1. The molecule has 0 aliphatic heterocycles. The minimum absolute atomic E-state index is 0.428. The minimum Gasteiger partial charge on any atom is -0.493 e. The van der Waals surface area contributed by atoms with Gasteiger partial charge in [0.15, 0.2) is 0 Å². The number of benzene rings is 1. The molecule has 1 unspecified atom stereocenters. The zero-order valence-corrected chi connectivity index (χ0v) is 22.8. The molecule has 2 heteroatoms. The fourth-order valence-electron chi connectivity index (χ4n) is 6.05. The summed E-state index contributed by atoms with van der Waals surface area (Å²) in [6, 6.07) is 8.72. The van der Waals surface area contributed by atoms with Gasteiger partial charge in [0.25, 0.3) is 0 Å². The van der Waals surface area contributed by atoms with E-state index in [-0.39, 0.29) is 0 Å². The van der Waals surface area contributed by atoms with E-state index in [1.165, 1.54) is 95.5 Å². The van der Waals surface area contributed by atoms with Crippen LogP contribution in [0, 0.1) is 35.5 Å². The van der Waals surface area contributed by atoms with Crippen molar-refractivity contribution in [2.24, 2.45) is 23.7 Å². The van der Waals surface area contributed by atoms with Gasteiger partial charge in [-0.1, -0.05) is 102 Å². The van der Waals surface area contributed by atoms with Crippen molar-refractivity contribution >= 4 is 0 Å². The summed E-state index contributed by atoms with van der Waals surface area (Å²) in [6.07, 6.45) is 21.0. The number of aliphatic hydroxyl groups is 1. The summed E-state index contributed by atoms with van der Waals surface area (Å²) >= 11 is 0. The Morgan fingerprint density at radius 1 is 0.800 bits per heavy atom. The molecule has 3 rings (SSSR count). The Bertz CT molecular complexity index is 727. The molecule has 2 aliphatic rings. The summed E-state index contributed by atoms with van der Waals surface area (Å²) in [7, 11) is 0. The number of hydrogen-bond donors (Lipinski definition) is 1. The molecule has 0 spiro atoms. The quantitative estimate of drug-likeness (QED) is 0.226. The first-order chi connectivity index (χ1) is 17.2. The fourth-order valence-corrected chi connectivity index (χ4v) is 6.05. The third kappa shape index (κ3) is 11.0. The van der Waals surface area contributed by atoms with Crippen molar-refractivity contribution in [3.63, 3.8) is 0 Å². The average molecular weight is 481 g/mol. The Morgan fingerprint density at radius 3 is 2.11 bits per heavy atom. The Labute approximate surface area is 216 Å². The molecule has 2 nitrogen and oxygen atoms in total. The SMILES string of the molecule is CCCCCc1ccc(OC[C@H]2CC[C@H](C#CC(O)C[C@H]3CC[C@H](CCCCC)CC3)CC2)cc1. The topological polar surface area (TPSA) is 29.5 Å². The monoisotopic (exact) mass is 480 g/mol. The van der Waals surface area contributed by atoms with Crippen LogP contribution in [0.2, 0.25) is 0 Å². The van der Waals surface area contributed by atoms with E-state index in [2.05, 4.69) is 50.0 Å². The van der Waals surface area contributed by atoms with Crippen molar-refractivity contribution in [1.82, 2.24) is 0 Å². The highest BCUT2D eigenvalue weighted by molar-refractivity contribution is 5.27. The second-order valence-electron chi connectivity index (χ2n) is 11.6. The van der Waals surface area contributed by atoms with Gasteiger partial charge in [0.1, 0.15) is 11.9 Å². The number of hydrogen-bond acceptors (Lipinski definition) is 2. The molecule has 0 amide bonds. The van der Waals surface area contributed by atoms with Crippen LogP contribution in [0.25, 0.3) is 0 Å². The van der Waals surface area contributed by atoms with Gasteiger partial charge in [-0.2, -0.15) is 0 Å². The molecular formula is C33H52O2. The maximum Gasteiger partial charge on any atom is 0.119 e. The maximum absolute atomic E-state index is 10.5. The van der Waals surface area contributed by atoms with Crippen LogP contribution in [0.5, 0.6) is 5.75 Å². The van der Waals surface area contributed by atoms with Gasteiger partial charge in [0, 0.05) is 5.92 Å².